The zero-order chi connectivity index (χ0) is 16.4. The van der Waals surface area contributed by atoms with Gasteiger partial charge in [-0.2, -0.15) is 0 Å². The molecule has 1 aromatic carbocycles. The largest absolute Gasteiger partial charge is 0.455 e. The van der Waals surface area contributed by atoms with Crippen molar-refractivity contribution >= 4 is 23.5 Å². The van der Waals surface area contributed by atoms with Crippen LogP contribution in [-0.2, 0) is 14.3 Å². The van der Waals surface area contributed by atoms with Crippen LogP contribution in [0.4, 0.5) is 5.69 Å². The molecule has 3 rings (SSSR count). The van der Waals surface area contributed by atoms with Gasteiger partial charge in [0, 0.05) is 11.3 Å². The quantitative estimate of drug-likeness (QED) is 0.635. The molecule has 0 radical (unpaired) electrons. The van der Waals surface area contributed by atoms with Crippen molar-refractivity contribution < 1.29 is 19.1 Å². The summed E-state index contributed by atoms with van der Waals surface area (Å²) in [5, 5.41) is 2.61. The van der Waals surface area contributed by atoms with Crippen molar-refractivity contribution in [2.75, 3.05) is 11.9 Å². The molecule has 1 aromatic rings. The minimum atomic E-state index is -0.531. The summed E-state index contributed by atoms with van der Waals surface area (Å²) in [6.07, 6.45) is 6.05. The van der Waals surface area contributed by atoms with Gasteiger partial charge in [0.05, 0.1) is 5.92 Å². The van der Waals surface area contributed by atoms with E-state index in [0.717, 1.165) is 12.8 Å². The number of hydrogen-bond donors (Lipinski definition) is 2. The molecule has 0 aromatic heterocycles. The van der Waals surface area contributed by atoms with Gasteiger partial charge in [-0.05, 0) is 48.9 Å². The smallest absolute Gasteiger partial charge is 0.310 e. The Bertz CT molecular complexity index is 666. The second-order valence-corrected chi connectivity index (χ2v) is 5.98. The summed E-state index contributed by atoms with van der Waals surface area (Å²) in [6.45, 7) is -0.312. The van der Waals surface area contributed by atoms with E-state index in [0.29, 0.717) is 17.2 Å². The van der Waals surface area contributed by atoms with E-state index >= 15 is 0 Å². The number of primary amides is 1. The van der Waals surface area contributed by atoms with Crippen molar-refractivity contribution in [3.8, 4) is 0 Å². The number of nitrogens with one attached hydrogen (secondary N) is 1. The molecule has 6 heteroatoms. The molecule has 3 N–H and O–H groups in total. The molecule has 1 saturated carbocycles. The lowest BCUT2D eigenvalue weighted by Crippen LogP contribution is -2.26. The summed E-state index contributed by atoms with van der Waals surface area (Å²) >= 11 is 0. The summed E-state index contributed by atoms with van der Waals surface area (Å²) in [5.74, 6) is -0.624. The normalized spacial score (nSPS) is 24.4. The molecular formula is C17H18N2O4. The van der Waals surface area contributed by atoms with E-state index < -0.39 is 11.8 Å². The third-order valence-corrected chi connectivity index (χ3v) is 4.38. The zero-order valence-corrected chi connectivity index (χ0v) is 12.5. The van der Waals surface area contributed by atoms with Gasteiger partial charge in [0.15, 0.2) is 6.61 Å². The minimum absolute atomic E-state index is 0.118. The molecule has 0 heterocycles. The summed E-state index contributed by atoms with van der Waals surface area (Å²) < 4.78 is 5.12. The number of nitrogens with two attached hydrogens (primary N) is 1. The highest BCUT2D eigenvalue weighted by molar-refractivity contribution is 5.95. The molecule has 23 heavy (non-hydrogen) atoms. The van der Waals surface area contributed by atoms with Crippen molar-refractivity contribution in [3.63, 3.8) is 0 Å². The van der Waals surface area contributed by atoms with Gasteiger partial charge in [0.25, 0.3) is 5.91 Å². The van der Waals surface area contributed by atoms with Gasteiger partial charge < -0.3 is 15.8 Å². The third kappa shape index (κ3) is 3.41. The van der Waals surface area contributed by atoms with Gasteiger partial charge in [-0.3, -0.25) is 14.4 Å². The van der Waals surface area contributed by atoms with Crippen molar-refractivity contribution in [1.29, 1.82) is 0 Å². The van der Waals surface area contributed by atoms with Gasteiger partial charge in [-0.1, -0.05) is 12.2 Å². The molecule has 2 aliphatic carbocycles. The van der Waals surface area contributed by atoms with Crippen molar-refractivity contribution in [2.24, 2.45) is 23.5 Å². The summed E-state index contributed by atoms with van der Waals surface area (Å²) in [6, 6.07) is 6.18. The molecule has 2 aliphatic rings. The minimum Gasteiger partial charge on any atom is -0.455 e. The van der Waals surface area contributed by atoms with Crippen LogP contribution >= 0.6 is 0 Å². The van der Waals surface area contributed by atoms with Crippen LogP contribution in [0.5, 0.6) is 0 Å². The van der Waals surface area contributed by atoms with Gasteiger partial charge in [0.2, 0.25) is 5.91 Å². The first kappa shape index (κ1) is 15.3. The Labute approximate surface area is 133 Å². The summed E-state index contributed by atoms with van der Waals surface area (Å²) in [4.78, 5) is 34.8. The van der Waals surface area contributed by atoms with Gasteiger partial charge in [-0.15, -0.1) is 0 Å². The number of amides is 2. The fraction of sp³-hybridized carbons (Fsp3) is 0.353. The Morgan fingerprint density at radius 3 is 2.43 bits per heavy atom. The average molecular weight is 314 g/mol. The number of ether oxygens (including phenoxy) is 1. The number of carbonyl (C=O) groups excluding carboxylic acids is 3. The number of anilines is 1. The molecular weight excluding hydrogens is 296 g/mol. The number of rotatable bonds is 5. The van der Waals surface area contributed by atoms with Gasteiger partial charge in [0.1, 0.15) is 0 Å². The Morgan fingerprint density at radius 2 is 1.87 bits per heavy atom. The molecule has 120 valence electrons. The maximum atomic E-state index is 12.0. The van der Waals surface area contributed by atoms with Crippen molar-refractivity contribution in [3.05, 3.63) is 42.0 Å². The predicted octanol–water partition coefficient (Wildman–Crippen LogP) is 1.48. The lowest BCUT2D eigenvalue weighted by molar-refractivity contribution is -0.152. The molecule has 0 spiro atoms. The molecule has 2 bridgehead atoms. The maximum absolute atomic E-state index is 12.0. The van der Waals surface area contributed by atoms with Crippen LogP contribution in [0.15, 0.2) is 36.4 Å². The van der Waals surface area contributed by atoms with E-state index in [-0.39, 0.29) is 24.4 Å². The van der Waals surface area contributed by atoms with Crippen LogP contribution in [0.2, 0.25) is 0 Å². The molecule has 6 nitrogen and oxygen atoms in total. The number of allylic oxidation sites excluding steroid dienone is 2. The Kier molecular flexibility index (Phi) is 4.14. The first-order valence-corrected chi connectivity index (χ1v) is 7.57. The number of esters is 1. The highest BCUT2D eigenvalue weighted by Crippen LogP contribution is 2.43. The van der Waals surface area contributed by atoms with E-state index in [1.54, 1.807) is 12.1 Å². The summed E-state index contributed by atoms with van der Waals surface area (Å²) in [5.41, 5.74) is 6.02. The van der Waals surface area contributed by atoms with Crippen LogP contribution in [0.1, 0.15) is 23.2 Å². The fourth-order valence-corrected chi connectivity index (χ4v) is 3.21. The van der Waals surface area contributed by atoms with Gasteiger partial charge in [-0.25, -0.2) is 0 Å². The Morgan fingerprint density at radius 1 is 1.13 bits per heavy atom. The Hall–Kier alpha value is -2.63. The SMILES string of the molecule is NC(=O)c1ccc(NC(=O)COC(=O)[C@H]2C[C@@H]3C=C[C@H]2C3)cc1. The predicted molar refractivity (Wildman–Crippen MR) is 83.4 cm³/mol. The number of hydrogen-bond acceptors (Lipinski definition) is 4. The molecule has 0 saturated heterocycles. The lowest BCUT2D eigenvalue weighted by Gasteiger charge is -2.16. The van der Waals surface area contributed by atoms with E-state index in [1.807, 2.05) is 0 Å². The summed E-state index contributed by atoms with van der Waals surface area (Å²) in [7, 11) is 0. The fourth-order valence-electron chi connectivity index (χ4n) is 3.21. The molecule has 0 aliphatic heterocycles. The molecule has 3 atom stereocenters. The second kappa shape index (κ2) is 6.24. The van der Waals surface area contributed by atoms with E-state index in [2.05, 4.69) is 17.5 Å². The van der Waals surface area contributed by atoms with Crippen LogP contribution in [-0.4, -0.2) is 24.4 Å². The van der Waals surface area contributed by atoms with Crippen molar-refractivity contribution in [1.82, 2.24) is 0 Å². The first-order chi connectivity index (χ1) is 11.0. The van der Waals surface area contributed by atoms with Crippen LogP contribution < -0.4 is 11.1 Å². The molecule has 0 unspecified atom stereocenters. The molecule has 1 fully saturated rings. The number of carbonyl (C=O) groups is 3. The molecule has 2 amide bonds. The zero-order valence-electron chi connectivity index (χ0n) is 12.5. The monoisotopic (exact) mass is 314 g/mol. The van der Waals surface area contributed by atoms with Crippen LogP contribution in [0.3, 0.4) is 0 Å². The topological polar surface area (TPSA) is 98.5 Å². The third-order valence-electron chi connectivity index (χ3n) is 4.38. The first-order valence-electron chi connectivity index (χ1n) is 7.57. The number of benzene rings is 1. The van der Waals surface area contributed by atoms with Crippen LogP contribution in [0.25, 0.3) is 0 Å². The van der Waals surface area contributed by atoms with Crippen LogP contribution in [0, 0.1) is 17.8 Å². The standard InChI is InChI=1S/C17H18N2O4/c18-16(21)11-3-5-13(6-4-11)19-15(20)9-23-17(22)14-8-10-1-2-12(14)7-10/h1-6,10,12,14H,7-9H2,(H2,18,21)(H,19,20)/t10-,12+,14+/m1/s1. The van der Waals surface area contributed by atoms with E-state index in [9.17, 15) is 14.4 Å². The highest BCUT2D eigenvalue weighted by atomic mass is 16.5. The van der Waals surface area contributed by atoms with E-state index in [1.165, 1.54) is 12.1 Å². The number of fused-ring (bicyclic) bond motifs is 2. The highest BCUT2D eigenvalue weighted by Gasteiger charge is 2.40. The van der Waals surface area contributed by atoms with Crippen molar-refractivity contribution in [2.45, 2.75) is 12.8 Å². The van der Waals surface area contributed by atoms with E-state index in [4.69, 9.17) is 10.5 Å². The maximum Gasteiger partial charge on any atom is 0.310 e. The Balaban J connectivity index is 1.47. The second-order valence-electron chi connectivity index (χ2n) is 5.98. The average Bonchev–Trinajstić information content (AvgIpc) is 3.16. The van der Waals surface area contributed by atoms with Gasteiger partial charge >= 0.3 is 5.97 Å². The lowest BCUT2D eigenvalue weighted by atomic mass is 9.94.